The van der Waals surface area contributed by atoms with E-state index in [4.69, 9.17) is 0 Å². The summed E-state index contributed by atoms with van der Waals surface area (Å²) in [5.41, 5.74) is 1.70. The van der Waals surface area contributed by atoms with Gasteiger partial charge in [-0.1, -0.05) is 43.7 Å². The van der Waals surface area contributed by atoms with Crippen LogP contribution in [0.15, 0.2) is 46.9 Å². The maximum atomic E-state index is 13.7. The number of fused-ring (bicyclic) bond motifs is 5. The van der Waals surface area contributed by atoms with Crippen LogP contribution in [0.2, 0.25) is 0 Å². The van der Waals surface area contributed by atoms with Crippen molar-refractivity contribution in [2.45, 2.75) is 107 Å². The van der Waals surface area contributed by atoms with E-state index >= 15 is 0 Å². The molecule has 5 heteroatoms. The third kappa shape index (κ3) is 4.66. The van der Waals surface area contributed by atoms with Gasteiger partial charge in [0.25, 0.3) is 0 Å². The third-order valence-electron chi connectivity index (χ3n) is 10.7. The van der Waals surface area contributed by atoms with E-state index in [1.54, 1.807) is 24.3 Å². The fourth-order valence-corrected chi connectivity index (χ4v) is 10.6. The number of rotatable bonds is 7. The lowest BCUT2D eigenvalue weighted by atomic mass is 9.51. The second-order valence-electron chi connectivity index (χ2n) is 12.3. The van der Waals surface area contributed by atoms with Gasteiger partial charge in [0.05, 0.1) is 22.4 Å². The molecule has 9 atom stereocenters. The summed E-state index contributed by atoms with van der Waals surface area (Å²) in [5, 5.41) is 20.1. The van der Waals surface area contributed by atoms with E-state index in [0.29, 0.717) is 47.8 Å². The first kappa shape index (κ1) is 25.5. The molecule has 4 aliphatic carbocycles. The van der Waals surface area contributed by atoms with Crippen molar-refractivity contribution in [3.63, 3.8) is 0 Å². The molecule has 1 aromatic rings. The van der Waals surface area contributed by atoms with Gasteiger partial charge >= 0.3 is 0 Å². The van der Waals surface area contributed by atoms with Crippen molar-refractivity contribution in [1.82, 2.24) is 0 Å². The average Bonchev–Trinajstić information content (AvgIpc) is 3.19. The first-order valence-electron chi connectivity index (χ1n) is 14.1. The van der Waals surface area contributed by atoms with E-state index < -0.39 is 21.2 Å². The van der Waals surface area contributed by atoms with Gasteiger partial charge < -0.3 is 10.2 Å². The summed E-state index contributed by atoms with van der Waals surface area (Å²) in [7, 11) is -3.50. The topological polar surface area (TPSA) is 74.6 Å². The first-order valence-corrected chi connectivity index (χ1v) is 15.6. The quantitative estimate of drug-likeness (QED) is 0.455. The van der Waals surface area contributed by atoms with Crippen molar-refractivity contribution in [1.29, 1.82) is 0 Å². The van der Waals surface area contributed by atoms with Gasteiger partial charge in [-0.15, -0.1) is 0 Å². The van der Waals surface area contributed by atoms with E-state index in [-0.39, 0.29) is 11.5 Å². The molecule has 2 N–H and O–H groups in total. The van der Waals surface area contributed by atoms with E-state index in [1.165, 1.54) is 24.8 Å². The van der Waals surface area contributed by atoms with Crippen molar-refractivity contribution in [2.24, 2.45) is 35.0 Å². The van der Waals surface area contributed by atoms with E-state index in [2.05, 4.69) is 13.0 Å². The van der Waals surface area contributed by atoms with E-state index in [9.17, 15) is 18.6 Å². The predicted octanol–water partition coefficient (Wildman–Crippen LogP) is 5.93. The van der Waals surface area contributed by atoms with Crippen LogP contribution < -0.4 is 0 Å². The minimum absolute atomic E-state index is 0.152. The van der Waals surface area contributed by atoms with E-state index in [1.807, 2.05) is 13.0 Å². The van der Waals surface area contributed by atoms with Gasteiger partial charge in [-0.2, -0.15) is 0 Å². The SMILES string of the molecule is CCC(O)CC(CC1CCC2C3CC=C4CC(O)CCC4C3CCC12C)S(=O)(=O)c1ccccc1. The molecule has 3 saturated carbocycles. The summed E-state index contributed by atoms with van der Waals surface area (Å²) < 4.78 is 27.4. The van der Waals surface area contributed by atoms with Gasteiger partial charge in [0.15, 0.2) is 9.84 Å². The maximum Gasteiger partial charge on any atom is 0.181 e. The molecule has 4 nitrogen and oxygen atoms in total. The molecule has 0 bridgehead atoms. The van der Waals surface area contributed by atoms with Crippen LogP contribution in [-0.4, -0.2) is 36.1 Å². The van der Waals surface area contributed by atoms with Gasteiger partial charge in [0.1, 0.15) is 0 Å². The fraction of sp³-hybridized carbons (Fsp3) is 0.733. The second-order valence-corrected chi connectivity index (χ2v) is 14.6. The van der Waals surface area contributed by atoms with Gasteiger partial charge in [-0.3, -0.25) is 0 Å². The molecule has 9 unspecified atom stereocenters. The largest absolute Gasteiger partial charge is 0.393 e. The number of allylic oxidation sites excluding steroid dienone is 1. The summed E-state index contributed by atoms with van der Waals surface area (Å²) in [5.74, 6) is 3.15. The minimum Gasteiger partial charge on any atom is -0.393 e. The Kier molecular flexibility index (Phi) is 7.24. The number of hydrogen-bond donors (Lipinski definition) is 2. The van der Waals surface area contributed by atoms with Crippen molar-refractivity contribution >= 4 is 9.84 Å². The zero-order valence-electron chi connectivity index (χ0n) is 21.5. The molecule has 0 aliphatic heterocycles. The zero-order chi connectivity index (χ0) is 24.8. The maximum absolute atomic E-state index is 13.7. The van der Waals surface area contributed by atoms with Gasteiger partial charge in [0, 0.05) is 0 Å². The molecule has 0 saturated heterocycles. The summed E-state index contributed by atoms with van der Waals surface area (Å²) in [6.07, 6.45) is 12.1. The second kappa shape index (κ2) is 9.95. The Hall–Kier alpha value is -1.17. The van der Waals surface area contributed by atoms with Crippen LogP contribution in [0.3, 0.4) is 0 Å². The van der Waals surface area contributed by atoms with Crippen LogP contribution in [0.25, 0.3) is 0 Å². The van der Waals surface area contributed by atoms with Crippen molar-refractivity contribution in [3.8, 4) is 0 Å². The Labute approximate surface area is 212 Å². The number of sulfone groups is 1. The van der Waals surface area contributed by atoms with E-state index in [0.717, 1.165) is 38.0 Å². The molecular formula is C30H44O4S. The lowest BCUT2D eigenvalue weighted by Crippen LogP contribution is -2.46. The van der Waals surface area contributed by atoms with Crippen LogP contribution >= 0.6 is 0 Å². The molecular weight excluding hydrogens is 456 g/mol. The summed E-state index contributed by atoms with van der Waals surface area (Å²) in [4.78, 5) is 0.390. The minimum atomic E-state index is -3.50. The Morgan fingerprint density at radius 2 is 1.83 bits per heavy atom. The van der Waals surface area contributed by atoms with Crippen molar-refractivity contribution in [2.75, 3.05) is 0 Å². The van der Waals surface area contributed by atoms with Crippen molar-refractivity contribution in [3.05, 3.63) is 42.0 Å². The summed E-state index contributed by atoms with van der Waals surface area (Å²) >= 11 is 0. The molecule has 35 heavy (non-hydrogen) atoms. The lowest BCUT2D eigenvalue weighted by molar-refractivity contribution is -0.0202. The normalized spacial score (nSPS) is 38.6. The van der Waals surface area contributed by atoms with Gasteiger partial charge in [-0.25, -0.2) is 8.42 Å². The van der Waals surface area contributed by atoms with Crippen LogP contribution in [0, 0.1) is 35.0 Å². The third-order valence-corrected chi connectivity index (χ3v) is 12.9. The molecule has 0 amide bonds. The summed E-state index contributed by atoms with van der Waals surface area (Å²) in [6.45, 7) is 4.39. The highest BCUT2D eigenvalue weighted by molar-refractivity contribution is 7.92. The van der Waals surface area contributed by atoms with Gasteiger partial charge in [0.2, 0.25) is 0 Å². The Morgan fingerprint density at radius 1 is 1.06 bits per heavy atom. The highest BCUT2D eigenvalue weighted by atomic mass is 32.2. The lowest BCUT2D eigenvalue weighted by Gasteiger charge is -2.54. The Balaban J connectivity index is 1.37. The van der Waals surface area contributed by atoms with Crippen LogP contribution in [0.5, 0.6) is 0 Å². The molecule has 4 aliphatic rings. The van der Waals surface area contributed by atoms with Crippen molar-refractivity contribution < 1.29 is 18.6 Å². The predicted molar refractivity (Wildman–Crippen MR) is 140 cm³/mol. The molecule has 0 radical (unpaired) electrons. The Bertz CT molecular complexity index is 1020. The highest BCUT2D eigenvalue weighted by Crippen LogP contribution is 2.64. The average molecular weight is 501 g/mol. The molecule has 1 aromatic carbocycles. The molecule has 0 heterocycles. The smallest absolute Gasteiger partial charge is 0.181 e. The monoisotopic (exact) mass is 500 g/mol. The van der Waals surface area contributed by atoms with Crippen LogP contribution in [-0.2, 0) is 9.84 Å². The zero-order valence-corrected chi connectivity index (χ0v) is 22.3. The molecule has 5 rings (SSSR count). The molecule has 0 aromatic heterocycles. The summed E-state index contributed by atoms with van der Waals surface area (Å²) in [6, 6.07) is 8.86. The number of aliphatic hydroxyl groups is 2. The van der Waals surface area contributed by atoms with Gasteiger partial charge in [-0.05, 0) is 118 Å². The number of aliphatic hydroxyl groups excluding tert-OH is 2. The standard InChI is InChI=1S/C30H44O4S/c1-3-22(31)19-25(35(33,34)24-7-5-4-6-8-24)18-21-10-14-29-28-12-9-20-17-23(32)11-13-26(20)27(28)15-16-30(21,29)2/h4-9,21-23,25-29,31-32H,3,10-19H2,1-2H3. The number of benzene rings is 1. The highest BCUT2D eigenvalue weighted by Gasteiger charge is 2.56. The molecule has 0 spiro atoms. The molecule has 194 valence electrons. The van der Waals surface area contributed by atoms with Crippen LogP contribution in [0.1, 0.15) is 84.5 Å². The fourth-order valence-electron chi connectivity index (χ4n) is 8.69. The Morgan fingerprint density at radius 3 is 2.57 bits per heavy atom. The molecule has 3 fully saturated rings. The number of hydrogen-bond acceptors (Lipinski definition) is 4. The first-order chi connectivity index (χ1) is 16.7. The van der Waals surface area contributed by atoms with Crippen LogP contribution in [0.4, 0.5) is 0 Å².